The molecule has 1 N–H and O–H groups in total. The van der Waals surface area contributed by atoms with E-state index in [9.17, 15) is 0 Å². The second-order valence-corrected chi connectivity index (χ2v) is 5.76. The van der Waals surface area contributed by atoms with E-state index < -0.39 is 0 Å². The standard InChI is InChI=1S/C18H27N5.HI/c1-5-19-18(23(4)14-17-7-6-12-22(17)3)20-11-10-16-9-8-15(2)21-13-16;/h6-9,12-13H,5,10-11,14H2,1-4H3,(H,19,20);1H. The van der Waals surface area contributed by atoms with Crippen LogP contribution < -0.4 is 5.32 Å². The van der Waals surface area contributed by atoms with Crippen molar-refractivity contribution in [3.8, 4) is 0 Å². The Balaban J connectivity index is 0.00000288. The number of halogens is 1. The van der Waals surface area contributed by atoms with Gasteiger partial charge in [0.1, 0.15) is 0 Å². The highest BCUT2D eigenvalue weighted by Gasteiger charge is 2.08. The molecule has 0 spiro atoms. The molecule has 24 heavy (non-hydrogen) atoms. The van der Waals surface area contributed by atoms with Crippen LogP contribution in [-0.2, 0) is 20.0 Å². The molecule has 6 heteroatoms. The molecule has 2 heterocycles. The summed E-state index contributed by atoms with van der Waals surface area (Å²) in [4.78, 5) is 11.2. The highest BCUT2D eigenvalue weighted by Crippen LogP contribution is 2.05. The van der Waals surface area contributed by atoms with Gasteiger partial charge in [-0.2, -0.15) is 0 Å². The molecule has 0 unspecified atom stereocenters. The van der Waals surface area contributed by atoms with Crippen molar-refractivity contribution >= 4 is 29.9 Å². The van der Waals surface area contributed by atoms with Crippen LogP contribution in [0.5, 0.6) is 0 Å². The average Bonchev–Trinajstić information content (AvgIpc) is 2.93. The summed E-state index contributed by atoms with van der Waals surface area (Å²) in [5.41, 5.74) is 3.54. The second kappa shape index (κ2) is 10.3. The summed E-state index contributed by atoms with van der Waals surface area (Å²) < 4.78 is 2.14. The fraction of sp³-hybridized carbons (Fsp3) is 0.444. The van der Waals surface area contributed by atoms with Gasteiger partial charge in [0.05, 0.1) is 6.54 Å². The first-order valence-corrected chi connectivity index (χ1v) is 8.11. The van der Waals surface area contributed by atoms with Gasteiger partial charge in [-0.1, -0.05) is 6.07 Å². The minimum atomic E-state index is 0. The molecule has 5 nitrogen and oxygen atoms in total. The van der Waals surface area contributed by atoms with Crippen molar-refractivity contribution in [3.63, 3.8) is 0 Å². The maximum absolute atomic E-state index is 4.74. The molecule has 0 bridgehead atoms. The van der Waals surface area contributed by atoms with Gasteiger partial charge in [-0.25, -0.2) is 0 Å². The number of aliphatic imine (C=N–C) groups is 1. The van der Waals surface area contributed by atoms with E-state index in [0.29, 0.717) is 0 Å². The van der Waals surface area contributed by atoms with Gasteiger partial charge < -0.3 is 14.8 Å². The molecule has 0 amide bonds. The summed E-state index contributed by atoms with van der Waals surface area (Å²) in [6.45, 7) is 6.55. The topological polar surface area (TPSA) is 45.5 Å². The van der Waals surface area contributed by atoms with Crippen molar-refractivity contribution in [1.29, 1.82) is 0 Å². The van der Waals surface area contributed by atoms with Gasteiger partial charge in [0, 0.05) is 51.0 Å². The minimum Gasteiger partial charge on any atom is -0.357 e. The Hall–Kier alpha value is -1.57. The average molecular weight is 441 g/mol. The van der Waals surface area contributed by atoms with Crippen LogP contribution in [-0.4, -0.2) is 40.5 Å². The van der Waals surface area contributed by atoms with Crippen LogP contribution in [0.2, 0.25) is 0 Å². The molecule has 0 aliphatic heterocycles. The third-order valence-electron chi connectivity index (χ3n) is 3.78. The smallest absolute Gasteiger partial charge is 0.194 e. The number of nitrogens with zero attached hydrogens (tertiary/aromatic N) is 4. The lowest BCUT2D eigenvalue weighted by Crippen LogP contribution is -2.39. The molecule has 0 saturated carbocycles. The summed E-state index contributed by atoms with van der Waals surface area (Å²) in [6.07, 6.45) is 4.91. The van der Waals surface area contributed by atoms with Gasteiger partial charge in [0.2, 0.25) is 0 Å². The molecule has 2 aromatic heterocycles. The predicted molar refractivity (Wildman–Crippen MR) is 111 cm³/mol. The van der Waals surface area contributed by atoms with E-state index in [-0.39, 0.29) is 24.0 Å². The predicted octanol–water partition coefficient (Wildman–Crippen LogP) is 2.99. The molecule has 0 atom stereocenters. The van der Waals surface area contributed by atoms with E-state index in [1.807, 2.05) is 19.2 Å². The van der Waals surface area contributed by atoms with Crippen molar-refractivity contribution in [2.24, 2.45) is 12.0 Å². The zero-order valence-corrected chi connectivity index (χ0v) is 17.3. The summed E-state index contributed by atoms with van der Waals surface area (Å²) in [5, 5.41) is 3.36. The molecule has 2 aromatic rings. The first-order valence-electron chi connectivity index (χ1n) is 8.11. The van der Waals surface area contributed by atoms with Crippen LogP contribution in [0, 0.1) is 6.92 Å². The maximum atomic E-state index is 4.74. The summed E-state index contributed by atoms with van der Waals surface area (Å²) in [7, 11) is 4.14. The van der Waals surface area contributed by atoms with Gasteiger partial charge >= 0.3 is 0 Å². The van der Waals surface area contributed by atoms with Crippen LogP contribution >= 0.6 is 24.0 Å². The molecule has 0 aliphatic rings. The monoisotopic (exact) mass is 441 g/mol. The van der Waals surface area contributed by atoms with Crippen LogP contribution in [0.15, 0.2) is 41.7 Å². The van der Waals surface area contributed by atoms with E-state index in [2.05, 4.69) is 65.2 Å². The Morgan fingerprint density at radius 1 is 1.33 bits per heavy atom. The Morgan fingerprint density at radius 2 is 2.12 bits per heavy atom. The molecule has 132 valence electrons. The minimum absolute atomic E-state index is 0. The molecule has 0 aromatic carbocycles. The highest BCUT2D eigenvalue weighted by atomic mass is 127. The lowest BCUT2D eigenvalue weighted by atomic mass is 10.2. The maximum Gasteiger partial charge on any atom is 0.194 e. The number of pyridine rings is 1. The molecule has 0 radical (unpaired) electrons. The summed E-state index contributed by atoms with van der Waals surface area (Å²) >= 11 is 0. The number of guanidine groups is 1. The van der Waals surface area contributed by atoms with Crippen LogP contribution in [0.25, 0.3) is 0 Å². The lowest BCUT2D eigenvalue weighted by Gasteiger charge is -2.22. The number of hydrogen-bond donors (Lipinski definition) is 1. The number of aryl methyl sites for hydroxylation is 2. The van der Waals surface area contributed by atoms with Gasteiger partial charge in [0.15, 0.2) is 5.96 Å². The van der Waals surface area contributed by atoms with E-state index in [1.54, 1.807) is 0 Å². The molecule has 2 rings (SSSR count). The molecule has 0 aliphatic carbocycles. The zero-order chi connectivity index (χ0) is 16.7. The molecular weight excluding hydrogens is 413 g/mol. The number of aromatic nitrogens is 2. The van der Waals surface area contributed by atoms with Gasteiger partial charge in [0.25, 0.3) is 0 Å². The Morgan fingerprint density at radius 3 is 2.71 bits per heavy atom. The van der Waals surface area contributed by atoms with E-state index in [0.717, 1.165) is 37.7 Å². The SMILES string of the molecule is CCNC(=NCCc1ccc(C)nc1)N(C)Cc1cccn1C.I. The Bertz CT molecular complexity index is 633. The molecule has 0 fully saturated rings. The highest BCUT2D eigenvalue weighted by molar-refractivity contribution is 14.0. The van der Waals surface area contributed by atoms with Crippen molar-refractivity contribution in [2.45, 2.75) is 26.8 Å². The Labute approximate surface area is 162 Å². The second-order valence-electron chi connectivity index (χ2n) is 5.76. The molecule has 0 saturated heterocycles. The number of nitrogens with one attached hydrogen (secondary N) is 1. The summed E-state index contributed by atoms with van der Waals surface area (Å²) in [6, 6.07) is 8.37. The first-order chi connectivity index (χ1) is 11.1. The third-order valence-corrected chi connectivity index (χ3v) is 3.78. The Kier molecular flexibility index (Phi) is 8.81. The van der Waals surface area contributed by atoms with Gasteiger partial charge in [-0.3, -0.25) is 9.98 Å². The number of hydrogen-bond acceptors (Lipinski definition) is 2. The van der Waals surface area contributed by atoms with Crippen molar-refractivity contribution in [3.05, 3.63) is 53.6 Å². The van der Waals surface area contributed by atoms with E-state index in [4.69, 9.17) is 4.99 Å². The van der Waals surface area contributed by atoms with Crippen LogP contribution in [0.4, 0.5) is 0 Å². The largest absolute Gasteiger partial charge is 0.357 e. The lowest BCUT2D eigenvalue weighted by molar-refractivity contribution is 0.462. The van der Waals surface area contributed by atoms with E-state index in [1.165, 1.54) is 11.3 Å². The van der Waals surface area contributed by atoms with Crippen LogP contribution in [0.1, 0.15) is 23.9 Å². The van der Waals surface area contributed by atoms with E-state index >= 15 is 0 Å². The van der Waals surface area contributed by atoms with Crippen molar-refractivity contribution in [2.75, 3.05) is 20.1 Å². The zero-order valence-electron chi connectivity index (χ0n) is 15.0. The normalized spacial score (nSPS) is 11.1. The van der Waals surface area contributed by atoms with Gasteiger partial charge in [-0.15, -0.1) is 24.0 Å². The first kappa shape index (κ1) is 20.5. The third kappa shape index (κ3) is 6.14. The van der Waals surface area contributed by atoms with Crippen molar-refractivity contribution in [1.82, 2.24) is 19.8 Å². The fourth-order valence-electron chi connectivity index (χ4n) is 2.39. The van der Waals surface area contributed by atoms with Gasteiger partial charge in [-0.05, 0) is 44.0 Å². The number of rotatable bonds is 6. The summed E-state index contributed by atoms with van der Waals surface area (Å²) in [5.74, 6) is 0.939. The van der Waals surface area contributed by atoms with Crippen LogP contribution in [0.3, 0.4) is 0 Å². The quantitative estimate of drug-likeness (QED) is 0.426. The van der Waals surface area contributed by atoms with Crippen molar-refractivity contribution < 1.29 is 0 Å². The fourth-order valence-corrected chi connectivity index (χ4v) is 2.39. The molecular formula is C18H28IN5.